The number of hydrogen-bond acceptors (Lipinski definition) is 4. The summed E-state index contributed by atoms with van der Waals surface area (Å²) >= 11 is 18.5. The lowest BCUT2D eigenvalue weighted by atomic mass is 10.1. The van der Waals surface area contributed by atoms with Gasteiger partial charge in [-0.05, 0) is 67.8 Å². The summed E-state index contributed by atoms with van der Waals surface area (Å²) in [6.07, 6.45) is 1.05. The molecular weight excluding hydrogens is 593 g/mol. The third-order valence-corrected chi connectivity index (χ3v) is 8.70. The highest BCUT2D eigenvalue weighted by atomic mass is 35.5. The molecule has 11 heteroatoms. The number of benzene rings is 3. The highest BCUT2D eigenvalue weighted by molar-refractivity contribution is 7.92. The lowest BCUT2D eigenvalue weighted by molar-refractivity contribution is -0.140. The third-order valence-electron chi connectivity index (χ3n) is 6.22. The molecule has 0 aliphatic heterocycles. The van der Waals surface area contributed by atoms with E-state index in [-0.39, 0.29) is 33.1 Å². The summed E-state index contributed by atoms with van der Waals surface area (Å²) in [5, 5.41) is 3.81. The van der Waals surface area contributed by atoms with E-state index < -0.39 is 28.5 Å². The Bertz CT molecular complexity index is 1410. The Hall–Kier alpha value is -2.78. The number of aryl methyl sites for hydroxylation is 1. The zero-order valence-electron chi connectivity index (χ0n) is 22.5. The van der Waals surface area contributed by atoms with Crippen molar-refractivity contribution >= 4 is 62.3 Å². The van der Waals surface area contributed by atoms with Gasteiger partial charge in [0.2, 0.25) is 11.8 Å². The average molecular weight is 625 g/mol. The van der Waals surface area contributed by atoms with Gasteiger partial charge in [-0.3, -0.25) is 13.9 Å². The standard InChI is InChI=1S/C29H32Cl3N3O4S/c1-4-14-33-29(37)27(5-2)34(18-21-8-10-22(30)11-9-21)28(36)19-35(25-16-23(31)15-24(32)17-25)40(38,39)26-12-6-20(3)7-13-26/h6-13,15-17,27H,4-5,14,18-19H2,1-3H3,(H,33,37)/t27-/m0/s1. The van der Waals surface area contributed by atoms with E-state index >= 15 is 0 Å². The Labute approximate surface area is 251 Å². The topological polar surface area (TPSA) is 86.8 Å². The zero-order valence-corrected chi connectivity index (χ0v) is 25.6. The van der Waals surface area contributed by atoms with Crippen molar-refractivity contribution < 1.29 is 18.0 Å². The Kier molecular flexibility index (Phi) is 11.3. The minimum Gasteiger partial charge on any atom is -0.354 e. The summed E-state index contributed by atoms with van der Waals surface area (Å²) in [7, 11) is -4.23. The van der Waals surface area contributed by atoms with Gasteiger partial charge >= 0.3 is 0 Å². The van der Waals surface area contributed by atoms with Crippen LogP contribution < -0.4 is 9.62 Å². The van der Waals surface area contributed by atoms with Gasteiger partial charge in [-0.15, -0.1) is 0 Å². The number of carbonyl (C=O) groups is 2. The van der Waals surface area contributed by atoms with Crippen molar-refractivity contribution in [3.05, 3.63) is 92.9 Å². The van der Waals surface area contributed by atoms with Crippen LogP contribution in [-0.4, -0.2) is 44.3 Å². The summed E-state index contributed by atoms with van der Waals surface area (Å²) in [6.45, 7) is 5.52. The van der Waals surface area contributed by atoms with E-state index in [1.54, 1.807) is 43.3 Å². The molecule has 3 aromatic rings. The minimum atomic E-state index is -4.23. The lowest BCUT2D eigenvalue weighted by Gasteiger charge is -2.33. The van der Waals surface area contributed by atoms with Gasteiger partial charge in [-0.25, -0.2) is 8.42 Å². The quantitative estimate of drug-likeness (QED) is 0.250. The van der Waals surface area contributed by atoms with Crippen LogP contribution in [0.3, 0.4) is 0 Å². The van der Waals surface area contributed by atoms with Crippen LogP contribution in [0.2, 0.25) is 15.1 Å². The molecule has 1 atom stereocenters. The Balaban J connectivity index is 2.08. The van der Waals surface area contributed by atoms with Crippen molar-refractivity contribution in [1.29, 1.82) is 0 Å². The van der Waals surface area contributed by atoms with Crippen molar-refractivity contribution in [1.82, 2.24) is 10.2 Å². The van der Waals surface area contributed by atoms with Crippen molar-refractivity contribution in [2.24, 2.45) is 0 Å². The van der Waals surface area contributed by atoms with Gasteiger partial charge < -0.3 is 10.2 Å². The second-order valence-corrected chi connectivity index (χ2v) is 12.5. The molecule has 0 aliphatic rings. The molecule has 3 aromatic carbocycles. The van der Waals surface area contributed by atoms with Gasteiger partial charge in [0.25, 0.3) is 10.0 Å². The lowest BCUT2D eigenvalue weighted by Crippen LogP contribution is -2.52. The molecule has 0 fully saturated rings. The number of nitrogens with zero attached hydrogens (tertiary/aromatic N) is 2. The fraction of sp³-hybridized carbons (Fsp3) is 0.310. The Morgan fingerprint density at radius 3 is 2.02 bits per heavy atom. The first kappa shape index (κ1) is 31.7. The van der Waals surface area contributed by atoms with E-state index in [2.05, 4.69) is 5.32 Å². The first-order chi connectivity index (χ1) is 19.0. The van der Waals surface area contributed by atoms with E-state index in [0.717, 1.165) is 21.9 Å². The van der Waals surface area contributed by atoms with Gasteiger partial charge in [-0.2, -0.15) is 0 Å². The molecular formula is C29H32Cl3N3O4S. The molecule has 1 N–H and O–H groups in total. The Morgan fingerprint density at radius 2 is 1.48 bits per heavy atom. The van der Waals surface area contributed by atoms with Crippen LogP contribution in [0.4, 0.5) is 5.69 Å². The average Bonchev–Trinajstić information content (AvgIpc) is 2.91. The number of carbonyl (C=O) groups excluding carboxylic acids is 2. The smallest absolute Gasteiger partial charge is 0.264 e. The van der Waals surface area contributed by atoms with Crippen LogP contribution in [0.5, 0.6) is 0 Å². The molecule has 214 valence electrons. The third kappa shape index (κ3) is 8.13. The molecule has 3 rings (SSSR count). The van der Waals surface area contributed by atoms with Gasteiger partial charge in [0.1, 0.15) is 12.6 Å². The van der Waals surface area contributed by atoms with Crippen LogP contribution in [0.15, 0.2) is 71.6 Å². The molecule has 0 bridgehead atoms. The van der Waals surface area contributed by atoms with E-state index in [1.165, 1.54) is 35.2 Å². The van der Waals surface area contributed by atoms with E-state index in [0.29, 0.717) is 18.0 Å². The van der Waals surface area contributed by atoms with Crippen LogP contribution in [-0.2, 0) is 26.2 Å². The van der Waals surface area contributed by atoms with E-state index in [9.17, 15) is 18.0 Å². The maximum Gasteiger partial charge on any atom is 0.264 e. The predicted molar refractivity (Wildman–Crippen MR) is 162 cm³/mol. The van der Waals surface area contributed by atoms with Crippen molar-refractivity contribution in [3.8, 4) is 0 Å². The number of nitrogens with one attached hydrogen (secondary N) is 1. The van der Waals surface area contributed by atoms with Gasteiger partial charge in [-0.1, -0.05) is 78.5 Å². The summed E-state index contributed by atoms with van der Waals surface area (Å²) < 4.78 is 28.8. The number of sulfonamides is 1. The molecule has 2 amide bonds. The summed E-state index contributed by atoms with van der Waals surface area (Å²) in [5.41, 5.74) is 1.74. The number of rotatable bonds is 12. The molecule has 40 heavy (non-hydrogen) atoms. The SMILES string of the molecule is CCCNC(=O)[C@H](CC)N(Cc1ccc(Cl)cc1)C(=O)CN(c1cc(Cl)cc(Cl)c1)S(=O)(=O)c1ccc(C)cc1. The van der Waals surface area contributed by atoms with Crippen LogP contribution in [0.1, 0.15) is 37.8 Å². The predicted octanol–water partition coefficient (Wildman–Crippen LogP) is 6.48. The fourth-order valence-corrected chi connectivity index (χ4v) is 6.16. The summed E-state index contributed by atoms with van der Waals surface area (Å²) in [5.74, 6) is -0.884. The second-order valence-electron chi connectivity index (χ2n) is 9.32. The van der Waals surface area contributed by atoms with Gasteiger partial charge in [0.15, 0.2) is 0 Å². The van der Waals surface area contributed by atoms with E-state index in [1.807, 2.05) is 13.8 Å². The monoisotopic (exact) mass is 623 g/mol. The molecule has 0 aliphatic carbocycles. The number of anilines is 1. The number of amides is 2. The van der Waals surface area contributed by atoms with Crippen molar-refractivity contribution in [2.75, 3.05) is 17.4 Å². The second kappa shape index (κ2) is 14.2. The molecule has 0 saturated carbocycles. The normalized spacial score (nSPS) is 12.1. The molecule has 0 unspecified atom stereocenters. The molecule has 0 aromatic heterocycles. The molecule has 0 radical (unpaired) electrons. The Morgan fingerprint density at radius 1 is 0.875 bits per heavy atom. The molecule has 0 saturated heterocycles. The summed E-state index contributed by atoms with van der Waals surface area (Å²) in [4.78, 5) is 28.6. The zero-order chi connectivity index (χ0) is 29.4. The van der Waals surface area contributed by atoms with Crippen molar-refractivity contribution in [2.45, 2.75) is 51.1 Å². The van der Waals surface area contributed by atoms with E-state index in [4.69, 9.17) is 34.8 Å². The molecule has 0 heterocycles. The van der Waals surface area contributed by atoms with Crippen LogP contribution in [0, 0.1) is 6.92 Å². The number of hydrogen-bond donors (Lipinski definition) is 1. The fourth-order valence-electron chi connectivity index (χ4n) is 4.12. The largest absolute Gasteiger partial charge is 0.354 e. The first-order valence-corrected chi connectivity index (χ1v) is 15.4. The summed E-state index contributed by atoms with van der Waals surface area (Å²) in [6, 6.07) is 16.7. The molecule has 0 spiro atoms. The maximum absolute atomic E-state index is 14.0. The highest BCUT2D eigenvalue weighted by Crippen LogP contribution is 2.30. The maximum atomic E-state index is 14.0. The first-order valence-electron chi connectivity index (χ1n) is 12.8. The minimum absolute atomic E-state index is 0.000945. The van der Waals surface area contributed by atoms with Gasteiger partial charge in [0, 0.05) is 28.2 Å². The van der Waals surface area contributed by atoms with Crippen LogP contribution in [0.25, 0.3) is 0 Å². The van der Waals surface area contributed by atoms with Crippen molar-refractivity contribution in [3.63, 3.8) is 0 Å². The molecule has 7 nitrogen and oxygen atoms in total. The van der Waals surface area contributed by atoms with Gasteiger partial charge in [0.05, 0.1) is 10.6 Å². The van der Waals surface area contributed by atoms with Crippen LogP contribution >= 0.6 is 34.8 Å². The highest BCUT2D eigenvalue weighted by Gasteiger charge is 2.33. The number of halogens is 3.